The van der Waals surface area contributed by atoms with E-state index in [0.29, 0.717) is 6.42 Å². The average molecular weight is 326 g/mol. The van der Waals surface area contributed by atoms with Crippen LogP contribution >= 0.6 is 0 Å². The van der Waals surface area contributed by atoms with Gasteiger partial charge in [0.05, 0.1) is 0 Å². The summed E-state index contributed by atoms with van der Waals surface area (Å²) in [5.41, 5.74) is -0.342. The van der Waals surface area contributed by atoms with E-state index in [9.17, 15) is 4.79 Å². The molecule has 1 aliphatic heterocycles. The van der Waals surface area contributed by atoms with E-state index in [0.717, 1.165) is 12.8 Å². The highest BCUT2D eigenvalue weighted by Crippen LogP contribution is 2.14. The first-order valence-corrected chi connectivity index (χ1v) is 9.91. The third-order valence-electron chi connectivity index (χ3n) is 4.47. The minimum absolute atomic E-state index is 0.0461. The Morgan fingerprint density at radius 1 is 0.826 bits per heavy atom. The fraction of sp³-hybridized carbons (Fsp3) is 0.950. The highest BCUT2D eigenvalue weighted by atomic mass is 16.6. The number of carbonyl (C=O) groups excluding carboxylic acids is 1. The van der Waals surface area contributed by atoms with Crippen molar-refractivity contribution in [1.82, 2.24) is 4.90 Å². The van der Waals surface area contributed by atoms with E-state index < -0.39 is 0 Å². The van der Waals surface area contributed by atoms with Gasteiger partial charge in [0, 0.05) is 6.42 Å². The van der Waals surface area contributed by atoms with Crippen LogP contribution in [0, 0.1) is 0 Å². The van der Waals surface area contributed by atoms with Crippen LogP contribution in [-0.2, 0) is 9.53 Å². The number of rotatable bonds is 11. The lowest BCUT2D eigenvalue weighted by atomic mass is 10.1. The molecule has 0 aliphatic carbocycles. The number of carbonyl (C=O) groups is 1. The lowest BCUT2D eigenvalue weighted by Crippen LogP contribution is -2.30. The summed E-state index contributed by atoms with van der Waals surface area (Å²) in [6.07, 6.45) is 15.0. The van der Waals surface area contributed by atoms with Gasteiger partial charge in [-0.15, -0.1) is 0 Å². The molecule has 0 spiro atoms. The highest BCUT2D eigenvalue weighted by molar-refractivity contribution is 5.69. The second-order valence-electron chi connectivity index (χ2n) is 8.07. The molecule has 0 unspecified atom stereocenters. The van der Waals surface area contributed by atoms with E-state index in [4.69, 9.17) is 4.74 Å². The molecular formula is C20H39NO2. The molecule has 0 aromatic rings. The molecular weight excluding hydrogens is 286 g/mol. The van der Waals surface area contributed by atoms with E-state index in [1.54, 1.807) is 0 Å². The summed E-state index contributed by atoms with van der Waals surface area (Å²) < 4.78 is 5.32. The number of hydrogen-bond acceptors (Lipinski definition) is 3. The molecule has 0 N–H and O–H groups in total. The number of nitrogens with zero attached hydrogens (tertiary/aromatic N) is 1. The Kier molecular flexibility index (Phi) is 10.6. The van der Waals surface area contributed by atoms with Gasteiger partial charge in [0.25, 0.3) is 0 Å². The van der Waals surface area contributed by atoms with Gasteiger partial charge in [0.15, 0.2) is 0 Å². The van der Waals surface area contributed by atoms with Crippen LogP contribution in [0.2, 0.25) is 0 Å². The van der Waals surface area contributed by atoms with Crippen LogP contribution in [0.1, 0.15) is 97.8 Å². The molecule has 1 fully saturated rings. The van der Waals surface area contributed by atoms with Gasteiger partial charge in [-0.2, -0.15) is 0 Å². The van der Waals surface area contributed by atoms with Crippen molar-refractivity contribution in [3.05, 3.63) is 0 Å². The molecule has 3 nitrogen and oxygen atoms in total. The first-order valence-electron chi connectivity index (χ1n) is 9.91. The molecule has 1 aliphatic rings. The molecule has 0 bridgehead atoms. The molecule has 1 rings (SSSR count). The van der Waals surface area contributed by atoms with E-state index in [-0.39, 0.29) is 11.6 Å². The maximum absolute atomic E-state index is 11.6. The van der Waals surface area contributed by atoms with Gasteiger partial charge in [0.1, 0.15) is 5.60 Å². The Morgan fingerprint density at radius 2 is 1.35 bits per heavy atom. The average Bonchev–Trinajstić information content (AvgIpc) is 2.48. The second-order valence-corrected chi connectivity index (χ2v) is 8.07. The number of piperidine rings is 1. The summed E-state index contributed by atoms with van der Waals surface area (Å²) in [6.45, 7) is 9.76. The topological polar surface area (TPSA) is 29.5 Å². The Labute approximate surface area is 144 Å². The lowest BCUT2D eigenvalue weighted by Gasteiger charge is -2.26. The SMILES string of the molecule is CC(C)(C)OC(=O)CCCCCCCCCCN1CCCCC1. The number of ether oxygens (including phenoxy) is 1. The molecule has 0 aromatic carbocycles. The van der Waals surface area contributed by atoms with Gasteiger partial charge in [-0.05, 0) is 66.1 Å². The van der Waals surface area contributed by atoms with Crippen LogP contribution in [0.3, 0.4) is 0 Å². The quantitative estimate of drug-likeness (QED) is 0.380. The molecule has 1 saturated heterocycles. The third-order valence-corrected chi connectivity index (χ3v) is 4.47. The van der Waals surface area contributed by atoms with Crippen molar-refractivity contribution in [1.29, 1.82) is 0 Å². The zero-order valence-corrected chi connectivity index (χ0v) is 15.9. The zero-order chi connectivity index (χ0) is 17.0. The van der Waals surface area contributed by atoms with E-state index in [1.807, 2.05) is 20.8 Å². The van der Waals surface area contributed by atoms with Crippen LogP contribution in [0.5, 0.6) is 0 Å². The van der Waals surface area contributed by atoms with Crippen molar-refractivity contribution in [3.63, 3.8) is 0 Å². The molecule has 1 heterocycles. The van der Waals surface area contributed by atoms with Gasteiger partial charge in [-0.1, -0.05) is 44.9 Å². The van der Waals surface area contributed by atoms with Crippen LogP contribution in [0.4, 0.5) is 0 Å². The zero-order valence-electron chi connectivity index (χ0n) is 15.9. The molecule has 23 heavy (non-hydrogen) atoms. The summed E-state index contributed by atoms with van der Waals surface area (Å²) in [6, 6.07) is 0. The van der Waals surface area contributed by atoms with Crippen LogP contribution in [-0.4, -0.2) is 36.1 Å². The maximum atomic E-state index is 11.6. The molecule has 136 valence electrons. The normalized spacial score (nSPS) is 16.5. The molecule has 0 amide bonds. The largest absolute Gasteiger partial charge is 0.460 e. The fourth-order valence-corrected chi connectivity index (χ4v) is 3.24. The standard InChI is InChI=1S/C20H39NO2/c1-20(2,3)23-19(22)15-11-8-6-4-5-7-9-12-16-21-17-13-10-14-18-21/h4-18H2,1-3H3. The van der Waals surface area contributed by atoms with Crippen LogP contribution < -0.4 is 0 Å². The van der Waals surface area contributed by atoms with Crippen molar-refractivity contribution in [2.24, 2.45) is 0 Å². The van der Waals surface area contributed by atoms with Gasteiger partial charge >= 0.3 is 5.97 Å². The number of likely N-dealkylation sites (tertiary alicyclic amines) is 1. The van der Waals surface area contributed by atoms with Gasteiger partial charge in [-0.3, -0.25) is 4.79 Å². The molecule has 0 radical (unpaired) electrons. The first-order chi connectivity index (χ1) is 11.0. The smallest absolute Gasteiger partial charge is 0.306 e. The Balaban J connectivity index is 1.80. The second kappa shape index (κ2) is 11.9. The predicted octanol–water partition coefficient (Wildman–Crippen LogP) is 5.32. The number of esters is 1. The van der Waals surface area contributed by atoms with Crippen molar-refractivity contribution >= 4 is 5.97 Å². The highest BCUT2D eigenvalue weighted by Gasteiger charge is 2.15. The van der Waals surface area contributed by atoms with Crippen molar-refractivity contribution in [2.75, 3.05) is 19.6 Å². The predicted molar refractivity (Wildman–Crippen MR) is 97.7 cm³/mol. The summed E-state index contributed by atoms with van der Waals surface area (Å²) in [4.78, 5) is 14.2. The summed E-state index contributed by atoms with van der Waals surface area (Å²) >= 11 is 0. The lowest BCUT2D eigenvalue weighted by molar-refractivity contribution is -0.154. The monoisotopic (exact) mass is 325 g/mol. The number of hydrogen-bond donors (Lipinski definition) is 0. The maximum Gasteiger partial charge on any atom is 0.306 e. The van der Waals surface area contributed by atoms with Gasteiger partial charge in [-0.25, -0.2) is 0 Å². The van der Waals surface area contributed by atoms with Crippen molar-refractivity contribution in [3.8, 4) is 0 Å². The first kappa shape index (κ1) is 20.5. The van der Waals surface area contributed by atoms with Crippen LogP contribution in [0.15, 0.2) is 0 Å². The minimum atomic E-state index is -0.342. The third kappa shape index (κ3) is 12.5. The van der Waals surface area contributed by atoms with Gasteiger partial charge in [0.2, 0.25) is 0 Å². The van der Waals surface area contributed by atoms with Crippen LogP contribution in [0.25, 0.3) is 0 Å². The molecule has 0 atom stereocenters. The summed E-state index contributed by atoms with van der Waals surface area (Å²) in [5.74, 6) is -0.0461. The number of unbranched alkanes of at least 4 members (excludes halogenated alkanes) is 7. The van der Waals surface area contributed by atoms with Gasteiger partial charge < -0.3 is 9.64 Å². The van der Waals surface area contributed by atoms with Crippen molar-refractivity contribution in [2.45, 2.75) is 103 Å². The summed E-state index contributed by atoms with van der Waals surface area (Å²) in [5, 5.41) is 0. The fourth-order valence-electron chi connectivity index (χ4n) is 3.24. The Morgan fingerprint density at radius 3 is 1.91 bits per heavy atom. The van der Waals surface area contributed by atoms with E-state index in [1.165, 1.54) is 77.4 Å². The Bertz CT molecular complexity index is 303. The van der Waals surface area contributed by atoms with E-state index in [2.05, 4.69) is 4.90 Å². The minimum Gasteiger partial charge on any atom is -0.460 e. The molecule has 3 heteroatoms. The van der Waals surface area contributed by atoms with E-state index >= 15 is 0 Å². The molecule has 0 aromatic heterocycles. The Hall–Kier alpha value is -0.570. The molecule has 0 saturated carbocycles. The summed E-state index contributed by atoms with van der Waals surface area (Å²) in [7, 11) is 0. The van der Waals surface area contributed by atoms with Crippen molar-refractivity contribution < 1.29 is 9.53 Å².